The first kappa shape index (κ1) is 8.17. The summed E-state index contributed by atoms with van der Waals surface area (Å²) in [7, 11) is 0. The summed E-state index contributed by atoms with van der Waals surface area (Å²) >= 11 is 4.91. The fourth-order valence-electron chi connectivity index (χ4n) is 0.304. The molecule has 4 heteroatoms. The van der Waals surface area contributed by atoms with Crippen molar-refractivity contribution in [2.75, 3.05) is 6.61 Å². The van der Waals surface area contributed by atoms with E-state index in [-0.39, 0.29) is 13.0 Å². The van der Waals surface area contributed by atoms with Gasteiger partial charge in [-0.05, 0) is 6.42 Å². The molecule has 0 unspecified atom stereocenters. The van der Waals surface area contributed by atoms with Crippen LogP contribution in [0.2, 0.25) is 0 Å². The standard InChI is InChI=1S/C4H9ClO3/c5-4(7,8)2-1-3-6/h6-8H,1-3H2. The molecule has 50 valence electrons. The number of aliphatic hydroxyl groups excluding tert-OH is 1. The molecule has 0 aliphatic heterocycles. The van der Waals surface area contributed by atoms with Gasteiger partial charge in [-0.1, -0.05) is 11.6 Å². The normalized spacial score (nSPS) is 12.0. The summed E-state index contributed by atoms with van der Waals surface area (Å²) in [4.78, 5) is 0. The molecule has 0 aromatic rings. The lowest BCUT2D eigenvalue weighted by Crippen LogP contribution is -2.19. The van der Waals surface area contributed by atoms with E-state index in [0.717, 1.165) is 0 Å². The number of aliphatic hydroxyl groups is 3. The number of hydrogen-bond acceptors (Lipinski definition) is 3. The number of halogens is 1. The van der Waals surface area contributed by atoms with Gasteiger partial charge in [-0.25, -0.2) is 0 Å². The second-order valence-electron chi connectivity index (χ2n) is 1.55. The molecule has 0 radical (unpaired) electrons. The maximum Gasteiger partial charge on any atom is 0.243 e. The molecular weight excluding hydrogens is 131 g/mol. The van der Waals surface area contributed by atoms with Gasteiger partial charge in [0.25, 0.3) is 0 Å². The van der Waals surface area contributed by atoms with Crippen molar-refractivity contribution in [2.45, 2.75) is 18.1 Å². The molecule has 0 aliphatic rings. The van der Waals surface area contributed by atoms with Crippen molar-refractivity contribution in [3.63, 3.8) is 0 Å². The Kier molecular flexibility index (Phi) is 3.31. The van der Waals surface area contributed by atoms with E-state index in [0.29, 0.717) is 6.42 Å². The van der Waals surface area contributed by atoms with E-state index in [1.165, 1.54) is 0 Å². The molecule has 0 aromatic carbocycles. The lowest BCUT2D eigenvalue weighted by atomic mass is 10.3. The van der Waals surface area contributed by atoms with Crippen LogP contribution in [0, 0.1) is 0 Å². The van der Waals surface area contributed by atoms with Crippen LogP contribution in [0.1, 0.15) is 12.8 Å². The predicted molar refractivity (Wildman–Crippen MR) is 29.3 cm³/mol. The maximum absolute atomic E-state index is 8.36. The van der Waals surface area contributed by atoms with E-state index in [9.17, 15) is 0 Å². The van der Waals surface area contributed by atoms with Gasteiger partial charge in [-0.2, -0.15) is 0 Å². The molecule has 0 rings (SSSR count). The van der Waals surface area contributed by atoms with Crippen LogP contribution in [0.3, 0.4) is 0 Å². The number of rotatable bonds is 3. The summed E-state index contributed by atoms with van der Waals surface area (Å²) < 4.78 is 0. The molecule has 3 nitrogen and oxygen atoms in total. The molecular formula is C4H9ClO3. The van der Waals surface area contributed by atoms with Crippen molar-refractivity contribution in [1.29, 1.82) is 0 Å². The van der Waals surface area contributed by atoms with Crippen molar-refractivity contribution >= 4 is 11.6 Å². The monoisotopic (exact) mass is 140 g/mol. The largest absolute Gasteiger partial charge is 0.396 e. The van der Waals surface area contributed by atoms with E-state index >= 15 is 0 Å². The molecule has 0 heterocycles. The topological polar surface area (TPSA) is 60.7 Å². The van der Waals surface area contributed by atoms with Crippen molar-refractivity contribution in [3.8, 4) is 0 Å². The minimum absolute atomic E-state index is 0.00887. The third-order valence-corrected chi connectivity index (χ3v) is 0.842. The van der Waals surface area contributed by atoms with Crippen LogP contribution in [0.25, 0.3) is 0 Å². The average Bonchev–Trinajstić information content (AvgIpc) is 1.59. The van der Waals surface area contributed by atoms with Gasteiger partial charge in [0.05, 0.1) is 0 Å². The fraction of sp³-hybridized carbons (Fsp3) is 1.00. The number of alkyl halides is 1. The van der Waals surface area contributed by atoms with Gasteiger partial charge >= 0.3 is 0 Å². The van der Waals surface area contributed by atoms with Crippen LogP contribution < -0.4 is 0 Å². The number of hydrogen-bond donors (Lipinski definition) is 3. The van der Waals surface area contributed by atoms with Crippen LogP contribution in [0.5, 0.6) is 0 Å². The Hall–Kier alpha value is 0.170. The van der Waals surface area contributed by atoms with Gasteiger partial charge in [0.1, 0.15) is 0 Å². The van der Waals surface area contributed by atoms with E-state index < -0.39 is 5.25 Å². The molecule has 3 N–H and O–H groups in total. The van der Waals surface area contributed by atoms with Crippen molar-refractivity contribution in [3.05, 3.63) is 0 Å². The van der Waals surface area contributed by atoms with Gasteiger partial charge < -0.3 is 15.3 Å². The zero-order chi connectivity index (χ0) is 6.62. The second-order valence-corrected chi connectivity index (χ2v) is 2.15. The molecule has 0 saturated carbocycles. The quantitative estimate of drug-likeness (QED) is 0.371. The Labute approximate surface area is 52.5 Å². The van der Waals surface area contributed by atoms with E-state index in [1.807, 2.05) is 0 Å². The Morgan fingerprint density at radius 1 is 1.38 bits per heavy atom. The van der Waals surface area contributed by atoms with Gasteiger partial charge in [0.15, 0.2) is 0 Å². The third kappa shape index (κ3) is 6.17. The SMILES string of the molecule is OCCCC(O)(O)Cl. The van der Waals surface area contributed by atoms with Gasteiger partial charge in [0.2, 0.25) is 5.25 Å². The lowest BCUT2D eigenvalue weighted by molar-refractivity contribution is -0.0921. The summed E-state index contributed by atoms with van der Waals surface area (Å²) in [6.45, 7) is -0.0738. The summed E-state index contributed by atoms with van der Waals surface area (Å²) in [5, 5.41) is 22.7. The fourth-order valence-corrected chi connectivity index (χ4v) is 0.438. The Morgan fingerprint density at radius 2 is 1.88 bits per heavy atom. The molecule has 0 fully saturated rings. The Bertz CT molecular complexity index is 58.8. The predicted octanol–water partition coefficient (Wildman–Crippen LogP) is -0.364. The molecule has 0 spiro atoms. The highest BCUT2D eigenvalue weighted by Crippen LogP contribution is 2.12. The first-order valence-electron chi connectivity index (χ1n) is 2.31. The van der Waals surface area contributed by atoms with E-state index in [1.54, 1.807) is 0 Å². The average molecular weight is 141 g/mol. The molecule has 8 heavy (non-hydrogen) atoms. The molecule has 0 atom stereocenters. The summed E-state index contributed by atoms with van der Waals surface area (Å²) in [6.07, 6.45) is 0.293. The summed E-state index contributed by atoms with van der Waals surface area (Å²) in [6, 6.07) is 0. The van der Waals surface area contributed by atoms with Gasteiger partial charge in [0, 0.05) is 13.0 Å². The molecule has 0 bridgehead atoms. The molecule has 0 aliphatic carbocycles. The minimum atomic E-state index is -2.14. The first-order chi connectivity index (χ1) is 3.56. The highest BCUT2D eigenvalue weighted by molar-refractivity contribution is 6.21. The maximum atomic E-state index is 8.36. The smallest absolute Gasteiger partial charge is 0.243 e. The first-order valence-corrected chi connectivity index (χ1v) is 2.68. The highest BCUT2D eigenvalue weighted by atomic mass is 35.5. The summed E-state index contributed by atoms with van der Waals surface area (Å²) in [5.74, 6) is 0. The van der Waals surface area contributed by atoms with Crippen LogP contribution in [-0.4, -0.2) is 27.2 Å². The van der Waals surface area contributed by atoms with Crippen LogP contribution in [0.15, 0.2) is 0 Å². The molecule has 0 saturated heterocycles. The summed E-state index contributed by atoms with van der Waals surface area (Å²) in [5.41, 5.74) is 0. The molecule has 0 amide bonds. The minimum Gasteiger partial charge on any atom is -0.396 e. The van der Waals surface area contributed by atoms with Gasteiger partial charge in [-0.3, -0.25) is 0 Å². The molecule has 0 aromatic heterocycles. The second kappa shape index (κ2) is 3.25. The zero-order valence-corrected chi connectivity index (χ0v) is 5.10. The van der Waals surface area contributed by atoms with Crippen molar-refractivity contribution in [2.24, 2.45) is 0 Å². The highest BCUT2D eigenvalue weighted by Gasteiger charge is 2.16. The zero-order valence-electron chi connectivity index (χ0n) is 4.34. The lowest BCUT2D eigenvalue weighted by Gasteiger charge is -2.10. The Morgan fingerprint density at radius 3 is 2.00 bits per heavy atom. The Balaban J connectivity index is 3.11. The van der Waals surface area contributed by atoms with Crippen LogP contribution >= 0.6 is 11.6 Å². The van der Waals surface area contributed by atoms with Crippen LogP contribution in [-0.2, 0) is 0 Å². The van der Waals surface area contributed by atoms with Crippen molar-refractivity contribution < 1.29 is 15.3 Å². The third-order valence-electron chi connectivity index (χ3n) is 0.653. The van der Waals surface area contributed by atoms with E-state index in [4.69, 9.17) is 26.9 Å². The van der Waals surface area contributed by atoms with Crippen LogP contribution in [0.4, 0.5) is 0 Å². The van der Waals surface area contributed by atoms with Gasteiger partial charge in [-0.15, -0.1) is 0 Å². The van der Waals surface area contributed by atoms with E-state index in [2.05, 4.69) is 0 Å². The van der Waals surface area contributed by atoms with Crippen molar-refractivity contribution in [1.82, 2.24) is 0 Å².